The fourth-order valence-electron chi connectivity index (χ4n) is 4.11. The van der Waals surface area contributed by atoms with Gasteiger partial charge in [0, 0.05) is 24.6 Å². The number of methoxy groups -OCH3 is 1. The van der Waals surface area contributed by atoms with Crippen molar-refractivity contribution in [2.75, 3.05) is 33.1 Å². The number of hydrogen-bond acceptors (Lipinski definition) is 7. The van der Waals surface area contributed by atoms with Crippen LogP contribution in [0.15, 0.2) is 57.2 Å². The molecule has 188 valence electrons. The van der Waals surface area contributed by atoms with Gasteiger partial charge in [-0.15, -0.1) is 11.8 Å². The van der Waals surface area contributed by atoms with Crippen LogP contribution >= 0.6 is 23.1 Å². The zero-order chi connectivity index (χ0) is 25.0. The summed E-state index contributed by atoms with van der Waals surface area (Å²) in [5.41, 5.74) is 0.980. The minimum Gasteiger partial charge on any atom is -0.497 e. The van der Waals surface area contributed by atoms with E-state index in [0.29, 0.717) is 43.2 Å². The second-order valence-corrected chi connectivity index (χ2v) is 11.7. The molecule has 0 spiro atoms. The average Bonchev–Trinajstić information content (AvgIpc) is 3.49. The van der Waals surface area contributed by atoms with Gasteiger partial charge in [-0.3, -0.25) is 4.79 Å². The Bertz CT molecular complexity index is 1360. The van der Waals surface area contributed by atoms with E-state index in [1.807, 2.05) is 29.9 Å². The number of thioether (sulfide) groups is 1. The Morgan fingerprint density at radius 2 is 2.00 bits per heavy atom. The summed E-state index contributed by atoms with van der Waals surface area (Å²) in [5.74, 6) is 0.125. The van der Waals surface area contributed by atoms with Gasteiger partial charge in [0.2, 0.25) is 10.0 Å². The van der Waals surface area contributed by atoms with Crippen molar-refractivity contribution in [2.24, 2.45) is 4.99 Å². The Labute approximate surface area is 213 Å². The van der Waals surface area contributed by atoms with E-state index >= 15 is 0 Å². The minimum atomic E-state index is -3.84. The maximum atomic E-state index is 13.4. The van der Waals surface area contributed by atoms with E-state index in [1.54, 1.807) is 23.9 Å². The highest BCUT2D eigenvalue weighted by Crippen LogP contribution is 2.28. The van der Waals surface area contributed by atoms with Crippen LogP contribution in [0.1, 0.15) is 19.8 Å². The SMILES string of the molecule is CCOCCn1c(=NC(=O)C2CCCN2S(=O)(=O)c2ccc(OC)cc2)sc2cc(SC)ccc21. The Morgan fingerprint density at radius 1 is 1.23 bits per heavy atom. The lowest BCUT2D eigenvalue weighted by Gasteiger charge is -2.21. The first-order valence-corrected chi connectivity index (χ1v) is 14.9. The van der Waals surface area contributed by atoms with Gasteiger partial charge in [0.15, 0.2) is 4.80 Å². The van der Waals surface area contributed by atoms with Gasteiger partial charge in [-0.2, -0.15) is 9.30 Å². The molecule has 1 atom stereocenters. The number of thiazole rings is 1. The van der Waals surface area contributed by atoms with Crippen molar-refractivity contribution in [1.82, 2.24) is 8.87 Å². The Morgan fingerprint density at radius 3 is 2.69 bits per heavy atom. The molecule has 2 aromatic carbocycles. The third-order valence-corrected chi connectivity index (χ3v) is 9.60. The molecule has 35 heavy (non-hydrogen) atoms. The highest BCUT2D eigenvalue weighted by atomic mass is 32.2. The van der Waals surface area contributed by atoms with Crippen LogP contribution in [0.4, 0.5) is 0 Å². The topological polar surface area (TPSA) is 90.2 Å². The fraction of sp³-hybridized carbons (Fsp3) is 0.417. The van der Waals surface area contributed by atoms with E-state index in [1.165, 1.54) is 34.9 Å². The summed E-state index contributed by atoms with van der Waals surface area (Å²) in [7, 11) is -2.32. The molecule has 1 aromatic heterocycles. The molecular weight excluding hydrogens is 506 g/mol. The fourth-order valence-corrected chi connectivity index (χ4v) is 7.37. The molecular formula is C24H29N3O5S3. The normalized spacial score (nSPS) is 17.3. The molecule has 0 radical (unpaired) electrons. The van der Waals surface area contributed by atoms with Crippen molar-refractivity contribution in [3.63, 3.8) is 0 Å². The number of carbonyl (C=O) groups is 1. The number of hydrogen-bond donors (Lipinski definition) is 0. The average molecular weight is 536 g/mol. The first-order valence-electron chi connectivity index (χ1n) is 11.4. The molecule has 3 aromatic rings. The first kappa shape index (κ1) is 25.9. The molecule has 0 N–H and O–H groups in total. The molecule has 1 fully saturated rings. The molecule has 0 bridgehead atoms. The lowest BCUT2D eigenvalue weighted by Crippen LogP contribution is -2.40. The molecule has 11 heteroatoms. The maximum absolute atomic E-state index is 13.4. The van der Waals surface area contributed by atoms with Crippen molar-refractivity contribution in [3.8, 4) is 5.75 Å². The summed E-state index contributed by atoms with van der Waals surface area (Å²) in [6, 6.07) is 11.5. The number of benzene rings is 2. The summed E-state index contributed by atoms with van der Waals surface area (Å²) >= 11 is 3.08. The molecule has 1 amide bonds. The Kier molecular flexibility index (Phi) is 8.33. The minimum absolute atomic E-state index is 0.135. The van der Waals surface area contributed by atoms with Gasteiger partial charge in [-0.25, -0.2) is 8.42 Å². The van der Waals surface area contributed by atoms with Crippen LogP contribution in [0.2, 0.25) is 0 Å². The van der Waals surface area contributed by atoms with Crippen LogP contribution in [0.5, 0.6) is 5.75 Å². The largest absolute Gasteiger partial charge is 0.497 e. The smallest absolute Gasteiger partial charge is 0.266 e. The summed E-state index contributed by atoms with van der Waals surface area (Å²) in [6.45, 7) is 3.87. The van der Waals surface area contributed by atoms with E-state index in [0.717, 1.165) is 15.1 Å². The highest BCUT2D eigenvalue weighted by Gasteiger charge is 2.39. The summed E-state index contributed by atoms with van der Waals surface area (Å²) in [4.78, 5) is 19.6. The van der Waals surface area contributed by atoms with Crippen LogP contribution in [-0.4, -0.2) is 62.4 Å². The number of rotatable bonds is 9. The standard InChI is InChI=1S/C24H29N3O5S3/c1-4-32-15-14-26-20-12-9-18(33-3)16-22(20)34-24(26)25-23(28)21-6-5-13-27(21)35(29,30)19-10-7-17(31-2)8-11-19/h7-12,16,21H,4-6,13-15H2,1-3H3. The van der Waals surface area contributed by atoms with Crippen LogP contribution in [0.3, 0.4) is 0 Å². The number of sulfonamides is 1. The van der Waals surface area contributed by atoms with Crippen molar-refractivity contribution < 1.29 is 22.7 Å². The van der Waals surface area contributed by atoms with Crippen LogP contribution in [-0.2, 0) is 26.1 Å². The Balaban J connectivity index is 1.68. The molecule has 1 saturated heterocycles. The van der Waals surface area contributed by atoms with Crippen molar-refractivity contribution in [2.45, 2.75) is 42.1 Å². The molecule has 1 aliphatic heterocycles. The molecule has 2 heterocycles. The molecule has 8 nitrogen and oxygen atoms in total. The predicted molar refractivity (Wildman–Crippen MR) is 139 cm³/mol. The molecule has 0 aliphatic carbocycles. The molecule has 4 rings (SSSR count). The van der Waals surface area contributed by atoms with Gasteiger partial charge in [-0.1, -0.05) is 11.3 Å². The van der Waals surface area contributed by atoms with Crippen LogP contribution in [0.25, 0.3) is 10.2 Å². The summed E-state index contributed by atoms with van der Waals surface area (Å²) < 4.78 is 41.6. The molecule has 1 unspecified atom stereocenters. The van der Waals surface area contributed by atoms with Gasteiger partial charge in [0.25, 0.3) is 5.91 Å². The highest BCUT2D eigenvalue weighted by molar-refractivity contribution is 7.98. The molecule has 1 aliphatic rings. The van der Waals surface area contributed by atoms with E-state index in [4.69, 9.17) is 9.47 Å². The second kappa shape index (κ2) is 11.3. The van der Waals surface area contributed by atoms with Gasteiger partial charge in [0.1, 0.15) is 11.8 Å². The van der Waals surface area contributed by atoms with Crippen molar-refractivity contribution in [3.05, 3.63) is 47.3 Å². The summed E-state index contributed by atoms with van der Waals surface area (Å²) in [5, 5.41) is 0. The number of fused-ring (bicyclic) bond motifs is 1. The number of aromatic nitrogens is 1. The lowest BCUT2D eigenvalue weighted by atomic mass is 10.2. The van der Waals surface area contributed by atoms with Gasteiger partial charge in [0.05, 0.1) is 28.8 Å². The lowest BCUT2D eigenvalue weighted by molar-refractivity contribution is -0.121. The van der Waals surface area contributed by atoms with Crippen molar-refractivity contribution >= 4 is 49.2 Å². The van der Waals surface area contributed by atoms with E-state index in [2.05, 4.69) is 11.1 Å². The predicted octanol–water partition coefficient (Wildman–Crippen LogP) is 3.75. The maximum Gasteiger partial charge on any atom is 0.266 e. The third-order valence-electron chi connectivity index (χ3n) is 5.91. The van der Waals surface area contributed by atoms with Crippen LogP contribution < -0.4 is 9.54 Å². The van der Waals surface area contributed by atoms with Crippen molar-refractivity contribution in [1.29, 1.82) is 0 Å². The number of ether oxygens (including phenoxy) is 2. The monoisotopic (exact) mass is 535 g/mol. The zero-order valence-electron chi connectivity index (χ0n) is 20.0. The first-order chi connectivity index (χ1) is 16.9. The summed E-state index contributed by atoms with van der Waals surface area (Å²) in [6.07, 6.45) is 3.07. The number of nitrogens with zero attached hydrogens (tertiary/aromatic N) is 3. The zero-order valence-corrected chi connectivity index (χ0v) is 22.4. The number of amides is 1. The molecule has 0 saturated carbocycles. The third kappa shape index (κ3) is 5.49. The van der Waals surface area contributed by atoms with Gasteiger partial charge in [-0.05, 0) is 68.5 Å². The Hall–Kier alpha value is -2.18. The van der Waals surface area contributed by atoms with Gasteiger partial charge >= 0.3 is 0 Å². The van der Waals surface area contributed by atoms with E-state index < -0.39 is 22.0 Å². The van der Waals surface area contributed by atoms with E-state index in [9.17, 15) is 13.2 Å². The van der Waals surface area contributed by atoms with Gasteiger partial charge < -0.3 is 14.0 Å². The second-order valence-electron chi connectivity index (χ2n) is 7.97. The number of carbonyl (C=O) groups excluding carboxylic acids is 1. The van der Waals surface area contributed by atoms with E-state index in [-0.39, 0.29) is 11.4 Å². The quantitative estimate of drug-likeness (QED) is 0.306. The van der Waals surface area contributed by atoms with Crippen LogP contribution in [0, 0.1) is 0 Å².